The van der Waals surface area contributed by atoms with Crippen LogP contribution in [0.2, 0.25) is 0 Å². The Bertz CT molecular complexity index is 1570. The van der Waals surface area contributed by atoms with Gasteiger partial charge in [0.1, 0.15) is 0 Å². The lowest BCUT2D eigenvalue weighted by molar-refractivity contribution is -0.441. The van der Waals surface area contributed by atoms with Crippen molar-refractivity contribution in [2.24, 2.45) is 5.41 Å². The second-order valence-electron chi connectivity index (χ2n) is 14.2. The van der Waals surface area contributed by atoms with E-state index >= 15 is 17.6 Å². The maximum absolute atomic E-state index is 15.0. The van der Waals surface area contributed by atoms with E-state index < -0.39 is 133 Å². The van der Waals surface area contributed by atoms with E-state index in [9.17, 15) is 96.6 Å². The fourth-order valence-corrected chi connectivity index (χ4v) is 5.84. The molecule has 2 aliphatic heterocycles. The van der Waals surface area contributed by atoms with Gasteiger partial charge in [-0.1, -0.05) is 44.2 Å². The molecule has 2 heterocycles. The Balaban J connectivity index is 2.17. The highest BCUT2D eigenvalue weighted by molar-refractivity contribution is 5.28. The van der Waals surface area contributed by atoms with Crippen molar-refractivity contribution in [2.75, 3.05) is 13.2 Å². The quantitative estimate of drug-likeness (QED) is 0.122. The summed E-state index contributed by atoms with van der Waals surface area (Å²) < 4.78 is 376. The van der Waals surface area contributed by atoms with Crippen LogP contribution in [0, 0.1) is 5.41 Å². The lowest BCUT2D eigenvalue weighted by atomic mass is 9.67. The van der Waals surface area contributed by atoms with E-state index in [2.05, 4.69) is 0 Å². The predicted molar refractivity (Wildman–Crippen MR) is 141 cm³/mol. The third kappa shape index (κ3) is 7.33. The molecule has 0 aromatic heterocycles. The van der Waals surface area contributed by atoms with Crippen molar-refractivity contribution >= 4 is 0 Å². The maximum atomic E-state index is 15.0. The minimum atomic E-state index is -8.42. The van der Waals surface area contributed by atoms with Crippen LogP contribution in [0.3, 0.4) is 0 Å². The molecule has 0 bridgehead atoms. The summed E-state index contributed by atoms with van der Waals surface area (Å²) in [6, 6.07) is 6.11. The van der Waals surface area contributed by atoms with Crippen LogP contribution >= 0.6 is 0 Å². The third-order valence-corrected chi connectivity index (χ3v) is 9.94. The van der Waals surface area contributed by atoms with Crippen molar-refractivity contribution in [3.8, 4) is 0 Å². The largest absolute Gasteiger partial charge is 0.460 e. The Labute approximate surface area is 312 Å². The molecule has 2 aliphatic rings. The van der Waals surface area contributed by atoms with E-state index in [1.54, 1.807) is 0 Å². The number of ether oxygens (including phenoxy) is 3. The number of halogens is 26. The van der Waals surface area contributed by atoms with Crippen molar-refractivity contribution in [2.45, 2.75) is 129 Å². The molecule has 3 rings (SSSR count). The summed E-state index contributed by atoms with van der Waals surface area (Å²) >= 11 is 0. The molecule has 2 atom stereocenters. The zero-order valence-corrected chi connectivity index (χ0v) is 28.8. The second-order valence-corrected chi connectivity index (χ2v) is 14.2. The van der Waals surface area contributed by atoms with Gasteiger partial charge in [-0.15, -0.1) is 0 Å². The van der Waals surface area contributed by atoms with Crippen molar-refractivity contribution in [1.29, 1.82) is 0 Å². The Morgan fingerprint density at radius 3 is 1.10 bits per heavy atom. The first-order valence-electron chi connectivity index (χ1n) is 15.7. The minimum absolute atomic E-state index is 0.0766. The van der Waals surface area contributed by atoms with Gasteiger partial charge in [-0.05, 0) is 18.4 Å². The van der Waals surface area contributed by atoms with E-state index in [4.69, 9.17) is 14.2 Å². The zero-order valence-electron chi connectivity index (χ0n) is 28.8. The van der Waals surface area contributed by atoms with E-state index in [-0.39, 0.29) is 5.56 Å². The van der Waals surface area contributed by atoms with E-state index in [1.807, 2.05) is 0 Å². The van der Waals surface area contributed by atoms with Crippen LogP contribution < -0.4 is 0 Å². The summed E-state index contributed by atoms with van der Waals surface area (Å²) in [5.41, 5.74) is -8.30. The van der Waals surface area contributed by atoms with Crippen LogP contribution in [-0.4, -0.2) is 96.7 Å². The average Bonchev–Trinajstić information content (AvgIpc) is 3.88. The number of rotatable bonds is 16. The van der Waals surface area contributed by atoms with Gasteiger partial charge in [-0.2, -0.15) is 114 Å². The molecule has 0 N–H and O–H groups in total. The third-order valence-electron chi connectivity index (χ3n) is 9.94. The number of epoxide rings is 1. The normalized spacial score (nSPS) is 23.4. The molecule has 2 saturated heterocycles. The van der Waals surface area contributed by atoms with E-state index in [0.717, 1.165) is 12.1 Å². The summed E-state index contributed by atoms with van der Waals surface area (Å²) in [6.45, 7) is -0.683. The molecule has 59 heavy (non-hydrogen) atoms. The van der Waals surface area contributed by atoms with Gasteiger partial charge in [0.2, 0.25) is 0 Å². The predicted octanol–water partition coefficient (Wildman–Crippen LogP) is 12.1. The highest BCUT2D eigenvalue weighted by Gasteiger charge is 2.92. The molecule has 0 spiro atoms. The standard InChI is InChI=1S/C30H24F26O3/c1-16(2)12-57-15(18(13-58-18)14-6-4-3-5-7-14)59-17(16,8-10-19(31,32)21(35,36)23(39,40)25(43,44)27(47,48)29(51,52)53)9-11-20(33,34)22(37,38)24(41,42)26(45,46)28(49,50)30(54,55)56/h3-7,15H,8-13H2,1-2H3. The van der Waals surface area contributed by atoms with E-state index in [0.29, 0.717) is 13.8 Å². The van der Waals surface area contributed by atoms with Crippen molar-refractivity contribution in [3.05, 3.63) is 35.9 Å². The molecule has 1 aromatic carbocycles. The summed E-state index contributed by atoms with van der Waals surface area (Å²) in [5, 5.41) is 0. The van der Waals surface area contributed by atoms with Crippen LogP contribution in [0.1, 0.15) is 45.1 Å². The Kier molecular flexibility index (Phi) is 12.1. The van der Waals surface area contributed by atoms with Crippen LogP contribution in [0.15, 0.2) is 30.3 Å². The lowest BCUT2D eigenvalue weighted by Crippen LogP contribution is -2.70. The highest BCUT2D eigenvalue weighted by atomic mass is 19.4. The first-order valence-corrected chi connectivity index (χ1v) is 15.7. The molecular formula is C30H24F26O3. The van der Waals surface area contributed by atoms with Gasteiger partial charge in [0, 0.05) is 18.3 Å². The van der Waals surface area contributed by atoms with Crippen molar-refractivity contribution in [3.63, 3.8) is 0 Å². The first-order chi connectivity index (χ1) is 25.8. The van der Waals surface area contributed by atoms with Crippen molar-refractivity contribution < 1.29 is 128 Å². The van der Waals surface area contributed by atoms with Crippen LogP contribution in [0.5, 0.6) is 0 Å². The molecule has 0 amide bonds. The molecule has 29 heteroatoms. The highest BCUT2D eigenvalue weighted by Crippen LogP contribution is 2.64. The molecule has 1 aromatic rings. The summed E-state index contributed by atoms with van der Waals surface area (Å²) in [7, 11) is 0. The number of hydrogen-bond acceptors (Lipinski definition) is 3. The fraction of sp³-hybridized carbons (Fsp3) is 0.800. The number of alkyl halides is 26. The molecule has 0 radical (unpaired) electrons. The van der Waals surface area contributed by atoms with Gasteiger partial charge >= 0.3 is 71.6 Å². The number of hydrogen-bond donors (Lipinski definition) is 0. The SMILES string of the molecule is CC1(C)COC(C2(c3ccccc3)CO2)OC1(CCC(F)(F)C(F)(F)C(F)(F)C(F)(F)C(F)(F)C(F)(F)F)CCC(F)(F)C(F)(F)C(F)(F)C(F)(F)C(F)(F)C(F)(F)F. The zero-order chi connectivity index (χ0) is 46.6. The summed E-state index contributed by atoms with van der Waals surface area (Å²) in [4.78, 5) is 0. The van der Waals surface area contributed by atoms with Gasteiger partial charge < -0.3 is 14.2 Å². The van der Waals surface area contributed by atoms with Crippen molar-refractivity contribution in [1.82, 2.24) is 0 Å². The minimum Gasteiger partial charge on any atom is -0.359 e. The lowest BCUT2D eigenvalue weighted by Gasteiger charge is -2.54. The monoisotopic (exact) mass is 926 g/mol. The van der Waals surface area contributed by atoms with Crippen LogP contribution in [0.25, 0.3) is 0 Å². The molecule has 344 valence electrons. The molecule has 2 unspecified atom stereocenters. The average molecular weight is 926 g/mol. The van der Waals surface area contributed by atoms with Gasteiger partial charge in [-0.25, -0.2) is 0 Å². The molecular weight excluding hydrogens is 902 g/mol. The topological polar surface area (TPSA) is 31.0 Å². The maximum Gasteiger partial charge on any atom is 0.460 e. The van der Waals surface area contributed by atoms with E-state index in [1.165, 1.54) is 18.2 Å². The Morgan fingerprint density at radius 2 is 0.797 bits per heavy atom. The van der Waals surface area contributed by atoms with Crippen LogP contribution in [-0.2, 0) is 19.8 Å². The fourth-order valence-electron chi connectivity index (χ4n) is 5.84. The van der Waals surface area contributed by atoms with Gasteiger partial charge in [0.15, 0.2) is 11.9 Å². The molecule has 0 saturated carbocycles. The molecule has 2 fully saturated rings. The van der Waals surface area contributed by atoms with Crippen LogP contribution in [0.4, 0.5) is 114 Å². The molecule has 0 aliphatic carbocycles. The summed E-state index contributed by atoms with van der Waals surface area (Å²) in [5.74, 6) is -80.1. The van der Waals surface area contributed by atoms with Gasteiger partial charge in [-0.3, -0.25) is 0 Å². The van der Waals surface area contributed by atoms with Gasteiger partial charge in [0.25, 0.3) is 0 Å². The summed E-state index contributed by atoms with van der Waals surface area (Å²) in [6.07, 6.45) is -29.4. The number of benzene rings is 1. The van der Waals surface area contributed by atoms with Gasteiger partial charge in [0.05, 0.1) is 18.8 Å². The first kappa shape index (κ1) is 50.6. The smallest absolute Gasteiger partial charge is 0.359 e. The Hall–Kier alpha value is -2.72. The molecule has 3 nitrogen and oxygen atoms in total. The Morgan fingerprint density at radius 1 is 0.475 bits per heavy atom. The second kappa shape index (κ2) is 14.2.